The minimum Gasteiger partial charge on any atom is -0.387 e. The quantitative estimate of drug-likeness (QED) is 0.765. The van der Waals surface area contributed by atoms with E-state index in [-0.39, 0.29) is 5.82 Å². The number of hydrogen-bond donors (Lipinski definition) is 2. The fourth-order valence-corrected chi connectivity index (χ4v) is 1.37. The Morgan fingerprint density at radius 1 is 1.36 bits per heavy atom. The van der Waals surface area contributed by atoms with Crippen molar-refractivity contribution in [3.05, 3.63) is 35.6 Å². The molecule has 2 N–H and O–H groups in total. The van der Waals surface area contributed by atoms with Crippen LogP contribution in [-0.4, -0.2) is 17.7 Å². The molecule has 1 aliphatic rings. The lowest BCUT2D eigenvalue weighted by atomic mass is 10.1. The number of hydrogen-bond acceptors (Lipinski definition) is 2. The molecule has 0 saturated heterocycles. The molecule has 1 aromatic carbocycles. The highest BCUT2D eigenvalue weighted by Gasteiger charge is 2.21. The lowest BCUT2D eigenvalue weighted by molar-refractivity contribution is 0.174. The largest absolute Gasteiger partial charge is 0.387 e. The van der Waals surface area contributed by atoms with Crippen LogP contribution in [0.25, 0.3) is 0 Å². The van der Waals surface area contributed by atoms with Crippen molar-refractivity contribution in [3.63, 3.8) is 0 Å². The number of rotatable bonds is 4. The van der Waals surface area contributed by atoms with E-state index >= 15 is 0 Å². The first-order valence-electron chi connectivity index (χ1n) is 4.92. The SMILES string of the molecule is O[C@@H](CNC1CC1)c1ccc(F)cc1. The van der Waals surface area contributed by atoms with Crippen molar-refractivity contribution in [3.8, 4) is 0 Å². The van der Waals surface area contributed by atoms with Gasteiger partial charge >= 0.3 is 0 Å². The average Bonchev–Trinajstić information content (AvgIpc) is 2.99. The van der Waals surface area contributed by atoms with Crippen LogP contribution in [0.4, 0.5) is 4.39 Å². The van der Waals surface area contributed by atoms with Crippen molar-refractivity contribution in [1.82, 2.24) is 5.32 Å². The van der Waals surface area contributed by atoms with Crippen molar-refractivity contribution in [2.75, 3.05) is 6.54 Å². The van der Waals surface area contributed by atoms with Crippen LogP contribution in [0.1, 0.15) is 24.5 Å². The Morgan fingerprint density at radius 3 is 2.57 bits per heavy atom. The van der Waals surface area contributed by atoms with Gasteiger partial charge in [0.15, 0.2) is 0 Å². The predicted octanol–water partition coefficient (Wildman–Crippen LogP) is 1.61. The molecule has 14 heavy (non-hydrogen) atoms. The van der Waals surface area contributed by atoms with Crippen LogP contribution < -0.4 is 5.32 Å². The van der Waals surface area contributed by atoms with E-state index in [4.69, 9.17) is 0 Å². The Balaban J connectivity index is 1.88. The highest BCUT2D eigenvalue weighted by atomic mass is 19.1. The molecular weight excluding hydrogens is 181 g/mol. The lowest BCUT2D eigenvalue weighted by Crippen LogP contribution is -2.23. The number of aliphatic hydroxyl groups is 1. The highest BCUT2D eigenvalue weighted by molar-refractivity contribution is 5.18. The maximum atomic E-state index is 12.6. The maximum absolute atomic E-state index is 12.6. The first kappa shape index (κ1) is 9.62. The number of benzene rings is 1. The summed E-state index contributed by atoms with van der Waals surface area (Å²) in [5.41, 5.74) is 0.763. The average molecular weight is 195 g/mol. The molecule has 2 rings (SSSR count). The summed E-state index contributed by atoms with van der Waals surface area (Å²) < 4.78 is 12.6. The van der Waals surface area contributed by atoms with E-state index in [1.807, 2.05) is 0 Å². The molecule has 0 aromatic heterocycles. The minimum atomic E-state index is -0.531. The zero-order chi connectivity index (χ0) is 9.97. The fourth-order valence-electron chi connectivity index (χ4n) is 1.37. The Kier molecular flexibility index (Phi) is 2.79. The van der Waals surface area contributed by atoms with Gasteiger partial charge in [-0.1, -0.05) is 12.1 Å². The molecule has 0 spiro atoms. The summed E-state index contributed by atoms with van der Waals surface area (Å²) in [6, 6.07) is 6.57. The van der Waals surface area contributed by atoms with Crippen LogP contribution >= 0.6 is 0 Å². The molecule has 0 radical (unpaired) electrons. The van der Waals surface area contributed by atoms with Gasteiger partial charge in [0.05, 0.1) is 6.10 Å². The summed E-state index contributed by atoms with van der Waals surface area (Å²) in [6.45, 7) is 0.552. The van der Waals surface area contributed by atoms with Gasteiger partial charge in [0.1, 0.15) is 5.82 Å². The monoisotopic (exact) mass is 195 g/mol. The van der Waals surface area contributed by atoms with E-state index < -0.39 is 6.10 Å². The highest BCUT2D eigenvalue weighted by Crippen LogP contribution is 2.20. The Morgan fingerprint density at radius 2 is 2.00 bits per heavy atom. The van der Waals surface area contributed by atoms with Gasteiger partial charge in [0, 0.05) is 12.6 Å². The standard InChI is InChI=1S/C11H14FNO/c12-9-3-1-8(2-4-9)11(14)7-13-10-5-6-10/h1-4,10-11,13-14H,5-7H2/t11-/m0/s1. The summed E-state index contributed by atoms with van der Waals surface area (Å²) in [6.07, 6.45) is 1.88. The van der Waals surface area contributed by atoms with E-state index in [0.717, 1.165) is 5.56 Å². The van der Waals surface area contributed by atoms with E-state index in [1.165, 1.54) is 25.0 Å². The molecule has 0 unspecified atom stereocenters. The summed E-state index contributed by atoms with van der Waals surface area (Å²) >= 11 is 0. The maximum Gasteiger partial charge on any atom is 0.123 e. The molecule has 1 fully saturated rings. The second-order valence-corrected chi connectivity index (χ2v) is 3.75. The normalized spacial score (nSPS) is 18.1. The summed E-state index contributed by atoms with van der Waals surface area (Å²) in [7, 11) is 0. The van der Waals surface area contributed by atoms with Crippen molar-refractivity contribution < 1.29 is 9.50 Å². The summed E-state index contributed by atoms with van der Waals surface area (Å²) in [5.74, 6) is -0.267. The smallest absolute Gasteiger partial charge is 0.123 e. The molecular formula is C11H14FNO. The predicted molar refractivity (Wildman–Crippen MR) is 52.4 cm³/mol. The first-order valence-corrected chi connectivity index (χ1v) is 4.92. The third-order valence-corrected chi connectivity index (χ3v) is 2.43. The van der Waals surface area contributed by atoms with Gasteiger partial charge in [0.25, 0.3) is 0 Å². The number of nitrogens with one attached hydrogen (secondary N) is 1. The van der Waals surface area contributed by atoms with E-state index in [1.54, 1.807) is 12.1 Å². The Bertz CT molecular complexity index is 295. The zero-order valence-electron chi connectivity index (χ0n) is 7.91. The van der Waals surface area contributed by atoms with Crippen molar-refractivity contribution in [2.45, 2.75) is 25.0 Å². The topological polar surface area (TPSA) is 32.3 Å². The van der Waals surface area contributed by atoms with Gasteiger partial charge in [-0.25, -0.2) is 4.39 Å². The molecule has 0 heterocycles. The van der Waals surface area contributed by atoms with Crippen LogP contribution in [0.5, 0.6) is 0 Å². The van der Waals surface area contributed by atoms with Crippen LogP contribution in [0.15, 0.2) is 24.3 Å². The molecule has 0 aliphatic heterocycles. The second-order valence-electron chi connectivity index (χ2n) is 3.75. The van der Waals surface area contributed by atoms with Crippen LogP contribution in [-0.2, 0) is 0 Å². The van der Waals surface area contributed by atoms with Gasteiger partial charge < -0.3 is 10.4 Å². The van der Waals surface area contributed by atoms with Gasteiger partial charge in [-0.2, -0.15) is 0 Å². The molecule has 1 saturated carbocycles. The van der Waals surface area contributed by atoms with Crippen LogP contribution in [0, 0.1) is 5.82 Å². The number of halogens is 1. The molecule has 1 atom stereocenters. The Labute approximate surface area is 82.8 Å². The molecule has 1 aliphatic carbocycles. The van der Waals surface area contributed by atoms with Crippen molar-refractivity contribution in [2.24, 2.45) is 0 Å². The van der Waals surface area contributed by atoms with Gasteiger partial charge in [-0.15, -0.1) is 0 Å². The van der Waals surface area contributed by atoms with E-state index in [9.17, 15) is 9.50 Å². The zero-order valence-corrected chi connectivity index (χ0v) is 7.91. The molecule has 2 nitrogen and oxygen atoms in total. The summed E-state index contributed by atoms with van der Waals surface area (Å²) in [5, 5.41) is 12.9. The fraction of sp³-hybridized carbons (Fsp3) is 0.455. The van der Waals surface area contributed by atoms with Gasteiger partial charge in [0.2, 0.25) is 0 Å². The Hall–Kier alpha value is -0.930. The molecule has 3 heteroatoms. The minimum absolute atomic E-state index is 0.267. The van der Waals surface area contributed by atoms with Gasteiger partial charge in [-0.3, -0.25) is 0 Å². The second kappa shape index (κ2) is 4.07. The first-order chi connectivity index (χ1) is 6.75. The van der Waals surface area contributed by atoms with Crippen molar-refractivity contribution >= 4 is 0 Å². The van der Waals surface area contributed by atoms with E-state index in [0.29, 0.717) is 12.6 Å². The summed E-state index contributed by atoms with van der Waals surface area (Å²) in [4.78, 5) is 0. The molecule has 76 valence electrons. The third kappa shape index (κ3) is 2.53. The number of aliphatic hydroxyl groups excluding tert-OH is 1. The molecule has 0 bridgehead atoms. The lowest BCUT2D eigenvalue weighted by Gasteiger charge is -2.11. The van der Waals surface area contributed by atoms with Crippen LogP contribution in [0.2, 0.25) is 0 Å². The van der Waals surface area contributed by atoms with E-state index in [2.05, 4.69) is 5.32 Å². The van der Waals surface area contributed by atoms with Crippen LogP contribution in [0.3, 0.4) is 0 Å². The van der Waals surface area contributed by atoms with Gasteiger partial charge in [-0.05, 0) is 30.5 Å². The molecule has 1 aromatic rings. The van der Waals surface area contributed by atoms with Crippen molar-refractivity contribution in [1.29, 1.82) is 0 Å². The third-order valence-electron chi connectivity index (χ3n) is 2.43. The molecule has 0 amide bonds.